The minimum atomic E-state index is -1.62. The summed E-state index contributed by atoms with van der Waals surface area (Å²) in [7, 11) is 0. The number of nitrogens with two attached hydrogens (primary N) is 1. The van der Waals surface area contributed by atoms with Crippen molar-refractivity contribution in [3.8, 4) is 0 Å². The molecule has 13 heavy (non-hydrogen) atoms. The summed E-state index contributed by atoms with van der Waals surface area (Å²) in [6.07, 6.45) is -4.69. The van der Waals surface area contributed by atoms with Crippen molar-refractivity contribution < 1.29 is 25.2 Å². The van der Waals surface area contributed by atoms with Crippen LogP contribution in [0.5, 0.6) is 0 Å². The Morgan fingerprint density at radius 1 is 1.31 bits per heavy atom. The van der Waals surface area contributed by atoms with Crippen LogP contribution in [0, 0.1) is 0 Å². The molecule has 0 rings (SSSR count). The predicted octanol–water partition coefficient (Wildman–Crippen LogP) is -3.02. The molecule has 0 heterocycles. The van der Waals surface area contributed by atoms with Crippen LogP contribution in [0.4, 0.5) is 0 Å². The molecule has 78 valence electrons. The first kappa shape index (κ1) is 12.5. The van der Waals surface area contributed by atoms with Crippen molar-refractivity contribution in [2.45, 2.75) is 31.3 Å². The molecule has 0 fully saturated rings. The second-order valence-electron chi connectivity index (χ2n) is 2.87. The summed E-state index contributed by atoms with van der Waals surface area (Å²) in [5, 5.41) is 35.6. The van der Waals surface area contributed by atoms with E-state index in [9.17, 15) is 9.90 Å². The molecule has 0 aliphatic heterocycles. The Morgan fingerprint density at radius 2 is 1.77 bits per heavy atom. The van der Waals surface area contributed by atoms with E-state index in [2.05, 4.69) is 0 Å². The Balaban J connectivity index is 4.24. The maximum atomic E-state index is 10.7. The van der Waals surface area contributed by atoms with Crippen molar-refractivity contribution in [1.82, 2.24) is 0 Å². The summed E-state index contributed by atoms with van der Waals surface area (Å²) in [6, 6.07) is -1.25. The van der Waals surface area contributed by atoms with Gasteiger partial charge in [0, 0.05) is 0 Å². The van der Waals surface area contributed by atoms with Crippen LogP contribution in [0.25, 0.3) is 0 Å². The molecule has 4 atom stereocenters. The summed E-state index contributed by atoms with van der Waals surface area (Å²) in [5.74, 6) is -0.503. The predicted molar refractivity (Wildman–Crippen MR) is 43.8 cm³/mol. The fraction of sp³-hybridized carbons (Fsp3) is 0.857. The summed E-state index contributed by atoms with van der Waals surface area (Å²) < 4.78 is 0. The van der Waals surface area contributed by atoms with E-state index in [4.69, 9.17) is 21.1 Å². The van der Waals surface area contributed by atoms with Gasteiger partial charge in [0.2, 0.25) is 0 Å². The quantitative estimate of drug-likeness (QED) is 0.316. The van der Waals surface area contributed by atoms with Crippen LogP contribution in [0.15, 0.2) is 0 Å². The van der Waals surface area contributed by atoms with Gasteiger partial charge in [0.05, 0.1) is 12.6 Å². The van der Waals surface area contributed by atoms with E-state index < -0.39 is 36.7 Å². The number of aliphatic hydroxyl groups excluding tert-OH is 4. The van der Waals surface area contributed by atoms with E-state index in [0.29, 0.717) is 0 Å². The molecule has 0 saturated heterocycles. The fourth-order valence-corrected chi connectivity index (χ4v) is 0.789. The topological polar surface area (TPSA) is 124 Å². The second kappa shape index (κ2) is 5.25. The molecule has 0 aromatic rings. The van der Waals surface area contributed by atoms with E-state index in [-0.39, 0.29) is 0 Å². The number of aliphatic hydroxyl groups is 4. The van der Waals surface area contributed by atoms with Gasteiger partial charge in [0.15, 0.2) is 0 Å². The molecule has 6 N–H and O–H groups in total. The highest BCUT2D eigenvalue weighted by Gasteiger charge is 2.30. The fourth-order valence-electron chi connectivity index (χ4n) is 0.789. The van der Waals surface area contributed by atoms with Crippen LogP contribution in [0.3, 0.4) is 0 Å². The SMILES string of the molecule is CC(=O)[C@@H](N)C(O)[C@@H](O)[C@@H](O)CO. The molecule has 0 aliphatic rings. The molecule has 6 nitrogen and oxygen atoms in total. The van der Waals surface area contributed by atoms with Gasteiger partial charge in [-0.1, -0.05) is 0 Å². The molecule has 0 aliphatic carbocycles. The number of rotatable bonds is 5. The van der Waals surface area contributed by atoms with Crippen molar-refractivity contribution >= 4 is 5.78 Å². The third-order valence-corrected chi connectivity index (χ3v) is 1.77. The van der Waals surface area contributed by atoms with Crippen molar-refractivity contribution in [3.05, 3.63) is 0 Å². The smallest absolute Gasteiger partial charge is 0.149 e. The Hall–Kier alpha value is -0.530. The molecule has 1 unspecified atom stereocenters. The van der Waals surface area contributed by atoms with Crippen molar-refractivity contribution in [2.24, 2.45) is 5.73 Å². The zero-order valence-electron chi connectivity index (χ0n) is 7.29. The largest absolute Gasteiger partial charge is 0.394 e. The Morgan fingerprint density at radius 3 is 2.08 bits per heavy atom. The summed E-state index contributed by atoms with van der Waals surface area (Å²) in [6.45, 7) is 0.453. The van der Waals surface area contributed by atoms with Crippen LogP contribution in [-0.4, -0.2) is 57.2 Å². The Kier molecular flexibility index (Phi) is 5.04. The van der Waals surface area contributed by atoms with Gasteiger partial charge in [-0.3, -0.25) is 4.79 Å². The molecule has 0 bridgehead atoms. The Bertz CT molecular complexity index is 174. The van der Waals surface area contributed by atoms with Gasteiger partial charge in [-0.15, -0.1) is 0 Å². The van der Waals surface area contributed by atoms with Crippen molar-refractivity contribution in [2.75, 3.05) is 6.61 Å². The lowest BCUT2D eigenvalue weighted by atomic mass is 9.99. The lowest BCUT2D eigenvalue weighted by Crippen LogP contribution is -2.52. The molecular formula is C7H15NO5. The first-order valence-electron chi connectivity index (χ1n) is 3.83. The lowest BCUT2D eigenvalue weighted by molar-refractivity contribution is -0.127. The normalized spacial score (nSPS) is 20.5. The first-order chi connectivity index (χ1) is 5.91. The molecule has 0 amide bonds. The van der Waals surface area contributed by atoms with Gasteiger partial charge in [-0.25, -0.2) is 0 Å². The van der Waals surface area contributed by atoms with Gasteiger partial charge in [-0.2, -0.15) is 0 Å². The maximum absolute atomic E-state index is 10.7. The average molecular weight is 193 g/mol. The van der Waals surface area contributed by atoms with Crippen LogP contribution in [-0.2, 0) is 4.79 Å². The van der Waals surface area contributed by atoms with E-state index in [1.165, 1.54) is 0 Å². The van der Waals surface area contributed by atoms with E-state index in [1.807, 2.05) is 0 Å². The van der Waals surface area contributed by atoms with Crippen LogP contribution in [0.2, 0.25) is 0 Å². The summed E-state index contributed by atoms with van der Waals surface area (Å²) >= 11 is 0. The molecule has 0 saturated carbocycles. The molecule has 6 heteroatoms. The van der Waals surface area contributed by atoms with Gasteiger partial charge in [-0.05, 0) is 6.92 Å². The zero-order chi connectivity index (χ0) is 10.6. The van der Waals surface area contributed by atoms with Gasteiger partial charge >= 0.3 is 0 Å². The standard InChI is InChI=1S/C7H15NO5/c1-3(10)5(8)7(13)6(12)4(11)2-9/h4-7,9,11-13H,2,8H2,1H3/t4-,5+,6-,7?/m0/s1. The van der Waals surface area contributed by atoms with E-state index in [0.717, 1.165) is 6.92 Å². The van der Waals surface area contributed by atoms with Crippen LogP contribution in [0.1, 0.15) is 6.92 Å². The van der Waals surface area contributed by atoms with Crippen molar-refractivity contribution in [3.63, 3.8) is 0 Å². The number of hydrogen-bond donors (Lipinski definition) is 5. The number of carbonyl (C=O) groups is 1. The molecule has 0 aromatic carbocycles. The number of carbonyl (C=O) groups excluding carboxylic acids is 1. The molecule has 0 aromatic heterocycles. The highest BCUT2D eigenvalue weighted by molar-refractivity contribution is 5.81. The first-order valence-corrected chi connectivity index (χ1v) is 3.83. The lowest BCUT2D eigenvalue weighted by Gasteiger charge is -2.24. The monoisotopic (exact) mass is 193 g/mol. The molecular weight excluding hydrogens is 178 g/mol. The number of Topliss-reactive ketones (excluding diaryl/α,β-unsaturated/α-hetero) is 1. The minimum Gasteiger partial charge on any atom is -0.394 e. The van der Waals surface area contributed by atoms with Crippen LogP contribution >= 0.6 is 0 Å². The highest BCUT2D eigenvalue weighted by Crippen LogP contribution is 2.03. The molecule has 0 spiro atoms. The van der Waals surface area contributed by atoms with Gasteiger partial charge in [0.1, 0.15) is 24.1 Å². The highest BCUT2D eigenvalue weighted by atomic mass is 16.4. The number of ketones is 1. The summed E-state index contributed by atoms with van der Waals surface area (Å²) in [4.78, 5) is 10.7. The third kappa shape index (κ3) is 3.37. The van der Waals surface area contributed by atoms with Gasteiger partial charge < -0.3 is 26.2 Å². The van der Waals surface area contributed by atoms with E-state index in [1.54, 1.807) is 0 Å². The maximum Gasteiger partial charge on any atom is 0.149 e. The third-order valence-electron chi connectivity index (χ3n) is 1.77. The van der Waals surface area contributed by atoms with Crippen molar-refractivity contribution in [1.29, 1.82) is 0 Å². The average Bonchev–Trinajstić information content (AvgIpc) is 2.12. The van der Waals surface area contributed by atoms with Crippen LogP contribution < -0.4 is 5.73 Å². The van der Waals surface area contributed by atoms with E-state index >= 15 is 0 Å². The summed E-state index contributed by atoms with van der Waals surface area (Å²) in [5.41, 5.74) is 5.20. The minimum absolute atomic E-state index is 0.503. The molecule has 0 radical (unpaired) electrons. The second-order valence-corrected chi connectivity index (χ2v) is 2.87. The Labute approximate surface area is 75.6 Å². The van der Waals surface area contributed by atoms with Gasteiger partial charge in [0.25, 0.3) is 0 Å². The zero-order valence-corrected chi connectivity index (χ0v) is 7.29. The number of hydrogen-bond acceptors (Lipinski definition) is 6.